The highest BCUT2D eigenvalue weighted by atomic mass is 32.2. The summed E-state index contributed by atoms with van der Waals surface area (Å²) >= 11 is 2.72. The standard InChI is InChI=1S/C21H23F4N3O3S2/c1-12(2)31-19(30)17-11-33-20(27-17)32-8-7-28-14(4-6-18(28)29)10-26-13-3-5-16(22)15(9-13)21(23,24)25/h3,5,9,11-12,14,26H,4,6-8,10H2,1-2H3/t14-/m1/s1. The molecule has 1 saturated heterocycles. The molecule has 1 aliphatic heterocycles. The summed E-state index contributed by atoms with van der Waals surface area (Å²) in [6, 6.07) is 2.56. The molecule has 1 N–H and O–H groups in total. The van der Waals surface area contributed by atoms with Crippen molar-refractivity contribution in [1.82, 2.24) is 9.88 Å². The molecule has 3 rings (SSSR count). The number of anilines is 1. The molecule has 12 heteroatoms. The number of carbonyl (C=O) groups is 2. The predicted octanol–water partition coefficient (Wildman–Crippen LogP) is 5.06. The summed E-state index contributed by atoms with van der Waals surface area (Å²) < 4.78 is 58.0. The van der Waals surface area contributed by atoms with E-state index >= 15 is 0 Å². The monoisotopic (exact) mass is 505 g/mol. The SMILES string of the molecule is CC(C)OC(=O)c1csc(SCCN2C(=O)CC[C@@H]2CNc2ccc(F)c(C(F)(F)F)c2)n1. The average molecular weight is 506 g/mol. The van der Waals surface area contributed by atoms with Crippen LogP contribution in [-0.2, 0) is 15.7 Å². The van der Waals surface area contributed by atoms with E-state index in [0.717, 1.165) is 12.1 Å². The maximum Gasteiger partial charge on any atom is 0.419 e. The molecule has 180 valence electrons. The van der Waals surface area contributed by atoms with E-state index in [0.29, 0.717) is 29.5 Å². The lowest BCUT2D eigenvalue weighted by atomic mass is 10.1. The smallest absolute Gasteiger partial charge is 0.419 e. The molecule has 2 aromatic rings. The summed E-state index contributed by atoms with van der Waals surface area (Å²) in [6.45, 7) is 4.19. The number of ether oxygens (including phenoxy) is 1. The van der Waals surface area contributed by atoms with E-state index in [1.807, 2.05) is 0 Å². The third kappa shape index (κ3) is 6.83. The molecule has 1 aliphatic rings. The van der Waals surface area contributed by atoms with Crippen LogP contribution in [0.15, 0.2) is 27.9 Å². The molecule has 1 aromatic heterocycles. The maximum absolute atomic E-state index is 13.5. The molecule has 1 amide bonds. The molecule has 0 aliphatic carbocycles. The summed E-state index contributed by atoms with van der Waals surface area (Å²) in [5.74, 6) is -1.30. The van der Waals surface area contributed by atoms with Crippen LogP contribution >= 0.6 is 23.1 Å². The summed E-state index contributed by atoms with van der Waals surface area (Å²) in [6.07, 6.45) is -4.09. The lowest BCUT2D eigenvalue weighted by molar-refractivity contribution is -0.140. The number of esters is 1. The van der Waals surface area contributed by atoms with Crippen molar-refractivity contribution in [1.29, 1.82) is 0 Å². The number of carbonyl (C=O) groups excluding carboxylic acids is 2. The van der Waals surface area contributed by atoms with Gasteiger partial charge in [-0.3, -0.25) is 4.79 Å². The van der Waals surface area contributed by atoms with Gasteiger partial charge in [-0.1, -0.05) is 11.8 Å². The number of hydrogen-bond acceptors (Lipinski definition) is 7. The number of halogens is 4. The van der Waals surface area contributed by atoms with Crippen LogP contribution < -0.4 is 5.32 Å². The van der Waals surface area contributed by atoms with Crippen molar-refractivity contribution in [3.63, 3.8) is 0 Å². The van der Waals surface area contributed by atoms with E-state index in [1.54, 1.807) is 24.1 Å². The Labute approximate surface area is 196 Å². The van der Waals surface area contributed by atoms with Crippen LogP contribution in [0, 0.1) is 5.82 Å². The van der Waals surface area contributed by atoms with Crippen molar-refractivity contribution in [2.45, 2.75) is 49.4 Å². The molecule has 0 bridgehead atoms. The minimum Gasteiger partial charge on any atom is -0.458 e. The average Bonchev–Trinajstić information content (AvgIpc) is 3.33. The maximum atomic E-state index is 13.5. The van der Waals surface area contributed by atoms with Gasteiger partial charge in [0.1, 0.15) is 5.82 Å². The zero-order valence-electron chi connectivity index (χ0n) is 17.9. The van der Waals surface area contributed by atoms with E-state index < -0.39 is 23.5 Å². The molecule has 0 saturated carbocycles. The molecule has 1 aromatic carbocycles. The number of thiazole rings is 1. The van der Waals surface area contributed by atoms with Gasteiger partial charge in [-0.25, -0.2) is 14.2 Å². The Morgan fingerprint density at radius 3 is 2.85 bits per heavy atom. The fourth-order valence-electron chi connectivity index (χ4n) is 3.32. The van der Waals surface area contributed by atoms with Gasteiger partial charge in [0.05, 0.1) is 11.7 Å². The minimum absolute atomic E-state index is 0.0298. The zero-order valence-corrected chi connectivity index (χ0v) is 19.6. The largest absolute Gasteiger partial charge is 0.458 e. The number of thioether (sulfide) groups is 1. The number of alkyl halides is 3. The second kappa shape index (κ2) is 10.7. The second-order valence-corrected chi connectivity index (χ2v) is 9.85. The number of benzene rings is 1. The zero-order chi connectivity index (χ0) is 24.2. The second-order valence-electron chi connectivity index (χ2n) is 7.65. The molecule has 1 atom stereocenters. The van der Waals surface area contributed by atoms with Crippen molar-refractivity contribution in [2.75, 3.05) is 24.2 Å². The molecule has 33 heavy (non-hydrogen) atoms. The molecular formula is C21H23F4N3O3S2. The molecule has 1 fully saturated rings. The fourth-order valence-corrected chi connectivity index (χ4v) is 5.13. The van der Waals surface area contributed by atoms with Gasteiger partial charge >= 0.3 is 12.1 Å². The highest BCUT2D eigenvalue weighted by Gasteiger charge is 2.35. The summed E-state index contributed by atoms with van der Waals surface area (Å²) in [5.41, 5.74) is -0.947. The normalized spacial score (nSPS) is 16.5. The number of amides is 1. The van der Waals surface area contributed by atoms with Crippen LogP contribution in [0.4, 0.5) is 23.2 Å². The van der Waals surface area contributed by atoms with Crippen molar-refractivity contribution in [3.8, 4) is 0 Å². The summed E-state index contributed by atoms with van der Waals surface area (Å²) in [5, 5.41) is 4.51. The summed E-state index contributed by atoms with van der Waals surface area (Å²) in [7, 11) is 0. The molecule has 0 radical (unpaired) electrons. The molecule has 2 heterocycles. The van der Waals surface area contributed by atoms with Gasteiger partial charge in [0.25, 0.3) is 0 Å². The first-order chi connectivity index (χ1) is 15.5. The Hall–Kier alpha value is -2.34. The predicted molar refractivity (Wildman–Crippen MR) is 118 cm³/mol. The van der Waals surface area contributed by atoms with Crippen molar-refractivity contribution >= 4 is 40.7 Å². The summed E-state index contributed by atoms with van der Waals surface area (Å²) in [4.78, 5) is 30.1. The van der Waals surface area contributed by atoms with Crippen LogP contribution in [0.1, 0.15) is 42.7 Å². The van der Waals surface area contributed by atoms with Gasteiger partial charge in [0.2, 0.25) is 5.91 Å². The lowest BCUT2D eigenvalue weighted by Crippen LogP contribution is -2.39. The molecule has 6 nitrogen and oxygen atoms in total. The third-order valence-corrected chi connectivity index (χ3v) is 6.86. The van der Waals surface area contributed by atoms with E-state index in [-0.39, 0.29) is 36.0 Å². The number of hydrogen-bond donors (Lipinski definition) is 1. The van der Waals surface area contributed by atoms with Gasteiger partial charge in [0.15, 0.2) is 10.0 Å². The van der Waals surface area contributed by atoms with Gasteiger partial charge in [-0.15, -0.1) is 11.3 Å². The van der Waals surface area contributed by atoms with Crippen LogP contribution in [-0.4, -0.2) is 52.7 Å². The molecule has 0 spiro atoms. The van der Waals surface area contributed by atoms with Crippen LogP contribution in [0.3, 0.4) is 0 Å². The number of likely N-dealkylation sites (tertiary alicyclic amines) is 1. The van der Waals surface area contributed by atoms with Gasteiger partial charge in [0, 0.05) is 42.4 Å². The Morgan fingerprint density at radius 1 is 1.39 bits per heavy atom. The van der Waals surface area contributed by atoms with Crippen LogP contribution in [0.2, 0.25) is 0 Å². The number of nitrogens with zero attached hydrogens (tertiary/aromatic N) is 2. The first kappa shape index (κ1) is 25.3. The highest BCUT2D eigenvalue weighted by Crippen LogP contribution is 2.33. The van der Waals surface area contributed by atoms with Crippen LogP contribution in [0.5, 0.6) is 0 Å². The first-order valence-electron chi connectivity index (χ1n) is 10.2. The highest BCUT2D eigenvalue weighted by molar-refractivity contribution is 8.01. The van der Waals surface area contributed by atoms with Crippen LogP contribution in [0.25, 0.3) is 0 Å². The van der Waals surface area contributed by atoms with Crippen molar-refractivity contribution in [2.24, 2.45) is 0 Å². The Balaban J connectivity index is 1.52. The number of aromatic nitrogens is 1. The van der Waals surface area contributed by atoms with Gasteiger partial charge < -0.3 is 15.0 Å². The topological polar surface area (TPSA) is 71.5 Å². The van der Waals surface area contributed by atoms with E-state index in [1.165, 1.54) is 29.2 Å². The Kier molecular flexibility index (Phi) is 8.22. The van der Waals surface area contributed by atoms with Gasteiger partial charge in [-0.2, -0.15) is 13.2 Å². The Morgan fingerprint density at radius 2 is 2.15 bits per heavy atom. The molecule has 0 unspecified atom stereocenters. The Bertz CT molecular complexity index is 997. The van der Waals surface area contributed by atoms with Gasteiger partial charge in [-0.05, 0) is 38.5 Å². The van der Waals surface area contributed by atoms with E-state index in [2.05, 4.69) is 10.3 Å². The van der Waals surface area contributed by atoms with E-state index in [4.69, 9.17) is 4.74 Å². The molecular weight excluding hydrogens is 482 g/mol. The fraction of sp³-hybridized carbons (Fsp3) is 0.476. The minimum atomic E-state index is -4.78. The number of rotatable bonds is 9. The van der Waals surface area contributed by atoms with Crippen molar-refractivity contribution in [3.05, 3.63) is 40.7 Å². The van der Waals surface area contributed by atoms with Crippen molar-refractivity contribution < 1.29 is 31.9 Å². The first-order valence-corrected chi connectivity index (χ1v) is 12.1. The third-order valence-electron chi connectivity index (χ3n) is 4.86. The quantitative estimate of drug-likeness (QED) is 0.292. The lowest BCUT2D eigenvalue weighted by Gasteiger charge is -2.25. The van der Waals surface area contributed by atoms with E-state index in [9.17, 15) is 27.2 Å². The number of nitrogens with one attached hydrogen (secondary N) is 1.